The summed E-state index contributed by atoms with van der Waals surface area (Å²) in [4.78, 5) is 23.7. The predicted molar refractivity (Wildman–Crippen MR) is 124 cm³/mol. The Bertz CT molecular complexity index is 1420. The molecule has 166 valence electrons. The zero-order valence-electron chi connectivity index (χ0n) is 16.8. The Morgan fingerprint density at radius 2 is 1.84 bits per heavy atom. The van der Waals surface area contributed by atoms with Crippen molar-refractivity contribution in [2.75, 3.05) is 26.2 Å². The van der Waals surface area contributed by atoms with Crippen LogP contribution in [0, 0.1) is 5.82 Å². The van der Waals surface area contributed by atoms with E-state index in [0.717, 1.165) is 16.5 Å². The number of piperazine rings is 1. The van der Waals surface area contributed by atoms with Crippen molar-refractivity contribution in [1.29, 1.82) is 0 Å². The first-order valence-electron chi connectivity index (χ1n) is 9.95. The highest BCUT2D eigenvalue weighted by Gasteiger charge is 2.30. The van der Waals surface area contributed by atoms with Crippen LogP contribution in [0.5, 0.6) is 0 Å². The number of hydrogen-bond donors (Lipinski definition) is 1. The zero-order valence-corrected chi connectivity index (χ0v) is 19.3. The van der Waals surface area contributed by atoms with Gasteiger partial charge in [0, 0.05) is 42.0 Å². The number of aromatic amines is 1. The van der Waals surface area contributed by atoms with Gasteiger partial charge in [0.05, 0.1) is 11.9 Å². The van der Waals surface area contributed by atoms with Gasteiger partial charge in [-0.25, -0.2) is 17.8 Å². The first-order chi connectivity index (χ1) is 15.4. The summed E-state index contributed by atoms with van der Waals surface area (Å²) in [6.45, 7) is 1.81. The van der Waals surface area contributed by atoms with E-state index in [1.807, 2.05) is 27.8 Å². The fourth-order valence-electron chi connectivity index (χ4n) is 3.81. The third-order valence-corrected chi connectivity index (χ3v) is 9.15. The molecule has 7 nitrogen and oxygen atoms in total. The van der Waals surface area contributed by atoms with Crippen LogP contribution in [0.15, 0.2) is 56.8 Å². The number of rotatable bonds is 5. The van der Waals surface area contributed by atoms with Crippen molar-refractivity contribution >= 4 is 42.9 Å². The van der Waals surface area contributed by atoms with Gasteiger partial charge >= 0.3 is 0 Å². The summed E-state index contributed by atoms with van der Waals surface area (Å²) in [5.74, 6) is -0.199. The SMILES string of the molecule is O=c1[nH]c(CN2CCN(S(=O)(=O)c3ccccc3F)CC2)nc2scc(-c3cccs3)c12. The van der Waals surface area contributed by atoms with Crippen LogP contribution < -0.4 is 5.56 Å². The Kier molecular flexibility index (Phi) is 5.68. The number of benzene rings is 1. The molecule has 0 saturated carbocycles. The van der Waals surface area contributed by atoms with Crippen LogP contribution >= 0.6 is 22.7 Å². The second-order valence-electron chi connectivity index (χ2n) is 7.43. The lowest BCUT2D eigenvalue weighted by Gasteiger charge is -2.33. The smallest absolute Gasteiger partial charge is 0.260 e. The Morgan fingerprint density at radius 3 is 2.56 bits per heavy atom. The van der Waals surface area contributed by atoms with Crippen LogP contribution in [-0.2, 0) is 16.6 Å². The van der Waals surface area contributed by atoms with Gasteiger partial charge in [-0.2, -0.15) is 4.31 Å². The van der Waals surface area contributed by atoms with Crippen molar-refractivity contribution in [3.8, 4) is 10.4 Å². The molecule has 11 heteroatoms. The average Bonchev–Trinajstić information content (AvgIpc) is 3.44. The fourth-order valence-corrected chi connectivity index (χ4v) is 7.08. The largest absolute Gasteiger partial charge is 0.309 e. The van der Waals surface area contributed by atoms with Crippen LogP contribution in [0.4, 0.5) is 4.39 Å². The third kappa shape index (κ3) is 3.90. The molecule has 0 spiro atoms. The molecule has 1 aliphatic rings. The number of sulfonamides is 1. The van der Waals surface area contributed by atoms with Gasteiger partial charge in [-0.3, -0.25) is 9.69 Å². The van der Waals surface area contributed by atoms with Crippen molar-refractivity contribution < 1.29 is 12.8 Å². The molecule has 0 unspecified atom stereocenters. The summed E-state index contributed by atoms with van der Waals surface area (Å²) in [5, 5.41) is 4.53. The Balaban J connectivity index is 1.30. The normalized spacial score (nSPS) is 16.0. The molecule has 4 heterocycles. The number of H-pyrrole nitrogens is 1. The summed E-state index contributed by atoms with van der Waals surface area (Å²) in [6, 6.07) is 9.34. The van der Waals surface area contributed by atoms with E-state index in [9.17, 15) is 17.6 Å². The van der Waals surface area contributed by atoms with Crippen molar-refractivity contribution in [2.24, 2.45) is 0 Å². The van der Waals surface area contributed by atoms with Gasteiger partial charge < -0.3 is 4.98 Å². The molecule has 4 aromatic rings. The van der Waals surface area contributed by atoms with Crippen LogP contribution in [0.1, 0.15) is 5.82 Å². The predicted octanol–water partition coefficient (Wildman–Crippen LogP) is 3.36. The van der Waals surface area contributed by atoms with Crippen molar-refractivity contribution in [3.05, 3.63) is 69.2 Å². The van der Waals surface area contributed by atoms with Gasteiger partial charge in [0.2, 0.25) is 10.0 Å². The lowest BCUT2D eigenvalue weighted by molar-refractivity contribution is 0.178. The molecule has 0 amide bonds. The molecule has 1 saturated heterocycles. The van der Waals surface area contributed by atoms with Crippen LogP contribution in [-0.4, -0.2) is 53.8 Å². The Labute approximate surface area is 191 Å². The summed E-state index contributed by atoms with van der Waals surface area (Å²) in [5.41, 5.74) is 0.725. The molecule has 1 N–H and O–H groups in total. The number of thiophene rings is 2. The molecule has 0 aliphatic carbocycles. The average molecular weight is 491 g/mol. The number of aromatic nitrogens is 2. The molecule has 5 rings (SSSR count). The standard InChI is InChI=1S/C21H19FN4O3S3/c22-15-4-1-2-6-17(15)32(28,29)26-9-7-25(8-10-26)12-18-23-20(27)19-14(13-31-21(19)24-18)16-5-3-11-30-16/h1-6,11,13H,7-10,12H2,(H,23,24,27). The summed E-state index contributed by atoms with van der Waals surface area (Å²) in [7, 11) is -3.88. The lowest BCUT2D eigenvalue weighted by atomic mass is 10.2. The molecule has 32 heavy (non-hydrogen) atoms. The topological polar surface area (TPSA) is 86.4 Å². The maximum atomic E-state index is 14.0. The minimum Gasteiger partial charge on any atom is -0.309 e. The van der Waals surface area contributed by atoms with Gasteiger partial charge in [0.1, 0.15) is 21.4 Å². The maximum Gasteiger partial charge on any atom is 0.260 e. The molecule has 0 atom stereocenters. The highest BCUT2D eigenvalue weighted by molar-refractivity contribution is 7.89. The highest BCUT2D eigenvalue weighted by Crippen LogP contribution is 2.33. The first-order valence-corrected chi connectivity index (χ1v) is 13.1. The van der Waals surface area contributed by atoms with E-state index in [2.05, 4.69) is 9.97 Å². The minimum absolute atomic E-state index is 0.171. The summed E-state index contributed by atoms with van der Waals surface area (Å²) < 4.78 is 40.9. The molecule has 1 aliphatic heterocycles. The molecular weight excluding hydrogens is 471 g/mol. The van der Waals surface area contributed by atoms with Gasteiger partial charge in [0.15, 0.2) is 0 Å². The maximum absolute atomic E-state index is 14.0. The molecule has 0 radical (unpaired) electrons. The molecule has 3 aromatic heterocycles. The van der Waals surface area contributed by atoms with E-state index in [1.54, 1.807) is 11.3 Å². The number of fused-ring (bicyclic) bond motifs is 1. The van der Waals surface area contributed by atoms with E-state index in [-0.39, 0.29) is 23.5 Å². The van der Waals surface area contributed by atoms with Crippen LogP contribution in [0.3, 0.4) is 0 Å². The fraction of sp³-hybridized carbons (Fsp3) is 0.238. The van der Waals surface area contributed by atoms with Gasteiger partial charge in [-0.1, -0.05) is 18.2 Å². The Morgan fingerprint density at radius 1 is 1.06 bits per heavy atom. The zero-order chi connectivity index (χ0) is 22.3. The second kappa shape index (κ2) is 8.49. The van der Waals surface area contributed by atoms with E-state index in [1.165, 1.54) is 33.8 Å². The lowest BCUT2D eigenvalue weighted by Crippen LogP contribution is -2.48. The van der Waals surface area contributed by atoms with E-state index < -0.39 is 15.8 Å². The first kappa shape index (κ1) is 21.4. The second-order valence-corrected chi connectivity index (χ2v) is 11.1. The number of hydrogen-bond acceptors (Lipinski definition) is 7. The molecule has 0 bridgehead atoms. The number of halogens is 1. The van der Waals surface area contributed by atoms with Crippen molar-refractivity contribution in [3.63, 3.8) is 0 Å². The highest BCUT2D eigenvalue weighted by atomic mass is 32.2. The van der Waals surface area contributed by atoms with Crippen LogP contribution in [0.25, 0.3) is 20.7 Å². The van der Waals surface area contributed by atoms with E-state index >= 15 is 0 Å². The molecular formula is C21H19FN4O3S3. The third-order valence-electron chi connectivity index (χ3n) is 5.44. The Hall–Kier alpha value is -2.44. The monoisotopic (exact) mass is 490 g/mol. The molecule has 1 aromatic carbocycles. The number of nitrogens with one attached hydrogen (secondary N) is 1. The van der Waals surface area contributed by atoms with E-state index in [4.69, 9.17) is 0 Å². The minimum atomic E-state index is -3.88. The van der Waals surface area contributed by atoms with Crippen LogP contribution in [0.2, 0.25) is 0 Å². The van der Waals surface area contributed by atoms with Gasteiger partial charge in [-0.05, 0) is 23.6 Å². The van der Waals surface area contributed by atoms with Crippen molar-refractivity contribution in [2.45, 2.75) is 11.4 Å². The quantitative estimate of drug-likeness (QED) is 0.464. The number of nitrogens with zero attached hydrogens (tertiary/aromatic N) is 3. The van der Waals surface area contributed by atoms with Crippen molar-refractivity contribution in [1.82, 2.24) is 19.2 Å². The molecule has 1 fully saturated rings. The summed E-state index contributed by atoms with van der Waals surface area (Å²) in [6.07, 6.45) is 0. The van der Waals surface area contributed by atoms with Gasteiger partial charge in [0.25, 0.3) is 5.56 Å². The van der Waals surface area contributed by atoms with Gasteiger partial charge in [-0.15, -0.1) is 22.7 Å². The van der Waals surface area contributed by atoms with E-state index in [0.29, 0.717) is 35.7 Å². The summed E-state index contributed by atoms with van der Waals surface area (Å²) >= 11 is 3.02.